The van der Waals surface area contributed by atoms with E-state index >= 15 is 0 Å². The third kappa shape index (κ3) is 4.74. The van der Waals surface area contributed by atoms with Crippen LogP contribution in [0.3, 0.4) is 0 Å². The zero-order chi connectivity index (χ0) is 13.4. The summed E-state index contributed by atoms with van der Waals surface area (Å²) in [5.74, 6) is 1.17. The number of rotatable bonds is 9. The molecule has 1 unspecified atom stereocenters. The minimum Gasteiger partial charge on any atom is -0.374 e. The minimum atomic E-state index is 0.612. The molecule has 0 aliphatic heterocycles. The van der Waals surface area contributed by atoms with Crippen LogP contribution in [0.25, 0.3) is 0 Å². The first-order valence-electron chi connectivity index (χ1n) is 6.47. The zero-order valence-electron chi connectivity index (χ0n) is 11.8. The van der Waals surface area contributed by atoms with Crippen molar-refractivity contribution in [1.82, 2.24) is 14.5 Å². The summed E-state index contributed by atoms with van der Waals surface area (Å²) in [7, 11) is 2.17. The third-order valence-electron chi connectivity index (χ3n) is 2.94. The van der Waals surface area contributed by atoms with Gasteiger partial charge >= 0.3 is 0 Å². The molecule has 0 spiro atoms. The third-order valence-corrected chi connectivity index (χ3v) is 4.39. The summed E-state index contributed by atoms with van der Waals surface area (Å²) in [5, 5.41) is 8.77. The molecule has 104 valence electrons. The standard InChI is InChI=1S/C12H24N4S2/c1-5-7-13-12-11(14-15-18-12)8-16(3)10(6-2)9-17-4/h10,13H,5-9H2,1-4H3. The molecule has 0 aliphatic rings. The summed E-state index contributed by atoms with van der Waals surface area (Å²) in [5.41, 5.74) is 1.08. The average Bonchev–Trinajstić information content (AvgIpc) is 2.80. The summed E-state index contributed by atoms with van der Waals surface area (Å²) in [4.78, 5) is 2.38. The molecular formula is C12H24N4S2. The van der Waals surface area contributed by atoms with E-state index in [9.17, 15) is 0 Å². The van der Waals surface area contributed by atoms with Crippen LogP contribution in [0.5, 0.6) is 0 Å². The Morgan fingerprint density at radius 1 is 1.44 bits per heavy atom. The SMILES string of the molecule is CCCNc1snnc1CN(C)C(CC)CSC. The van der Waals surface area contributed by atoms with E-state index in [0.29, 0.717) is 6.04 Å². The van der Waals surface area contributed by atoms with E-state index < -0.39 is 0 Å². The van der Waals surface area contributed by atoms with E-state index in [1.54, 1.807) is 0 Å². The average molecular weight is 288 g/mol. The Balaban J connectivity index is 2.57. The predicted molar refractivity (Wildman–Crippen MR) is 82.6 cm³/mol. The molecule has 0 radical (unpaired) electrons. The molecule has 4 nitrogen and oxygen atoms in total. The van der Waals surface area contributed by atoms with Gasteiger partial charge in [0, 0.05) is 36.4 Å². The number of thioether (sulfide) groups is 1. The molecule has 0 fully saturated rings. The van der Waals surface area contributed by atoms with Crippen LogP contribution in [0.15, 0.2) is 0 Å². The van der Waals surface area contributed by atoms with Crippen molar-refractivity contribution >= 4 is 28.3 Å². The minimum absolute atomic E-state index is 0.612. The summed E-state index contributed by atoms with van der Waals surface area (Å²) < 4.78 is 4.06. The highest BCUT2D eigenvalue weighted by atomic mass is 32.2. The lowest BCUT2D eigenvalue weighted by molar-refractivity contribution is 0.245. The smallest absolute Gasteiger partial charge is 0.134 e. The van der Waals surface area contributed by atoms with Crippen LogP contribution in [0, 0.1) is 0 Å². The van der Waals surface area contributed by atoms with Crippen molar-refractivity contribution < 1.29 is 0 Å². The Bertz CT molecular complexity index is 330. The Morgan fingerprint density at radius 3 is 2.83 bits per heavy atom. The van der Waals surface area contributed by atoms with Gasteiger partial charge in [-0.1, -0.05) is 18.3 Å². The van der Waals surface area contributed by atoms with Gasteiger partial charge in [0.1, 0.15) is 10.7 Å². The maximum atomic E-state index is 4.24. The summed E-state index contributed by atoms with van der Waals surface area (Å²) >= 11 is 3.36. The number of nitrogens with one attached hydrogen (secondary N) is 1. The van der Waals surface area contributed by atoms with Gasteiger partial charge in [0.25, 0.3) is 0 Å². The topological polar surface area (TPSA) is 41.1 Å². The Hall–Kier alpha value is -0.330. The molecule has 18 heavy (non-hydrogen) atoms. The van der Waals surface area contributed by atoms with E-state index in [1.165, 1.54) is 23.7 Å². The molecule has 1 heterocycles. The number of hydrogen-bond donors (Lipinski definition) is 1. The van der Waals surface area contributed by atoms with Gasteiger partial charge in [-0.05, 0) is 26.1 Å². The summed E-state index contributed by atoms with van der Waals surface area (Å²) in [6.45, 7) is 6.27. The largest absolute Gasteiger partial charge is 0.374 e. The van der Waals surface area contributed by atoms with Crippen LogP contribution in [0.4, 0.5) is 5.00 Å². The molecule has 0 aromatic carbocycles. The fraction of sp³-hybridized carbons (Fsp3) is 0.833. The molecule has 0 saturated carbocycles. The Labute approximate surface area is 119 Å². The van der Waals surface area contributed by atoms with Crippen molar-refractivity contribution in [1.29, 1.82) is 0 Å². The summed E-state index contributed by atoms with van der Waals surface area (Å²) in [6.07, 6.45) is 4.46. The van der Waals surface area contributed by atoms with E-state index in [4.69, 9.17) is 0 Å². The van der Waals surface area contributed by atoms with Gasteiger partial charge in [-0.25, -0.2) is 0 Å². The molecule has 1 aromatic rings. The van der Waals surface area contributed by atoms with E-state index in [0.717, 1.165) is 30.2 Å². The first-order chi connectivity index (χ1) is 8.72. The molecule has 1 atom stereocenters. The molecule has 1 rings (SSSR count). The van der Waals surface area contributed by atoms with Gasteiger partial charge in [-0.3, -0.25) is 4.90 Å². The van der Waals surface area contributed by atoms with Gasteiger partial charge in [-0.2, -0.15) is 11.8 Å². The molecule has 0 bridgehead atoms. The second-order valence-electron chi connectivity index (χ2n) is 4.41. The van der Waals surface area contributed by atoms with Crippen molar-refractivity contribution in [2.45, 2.75) is 39.3 Å². The van der Waals surface area contributed by atoms with E-state index in [-0.39, 0.29) is 0 Å². The Morgan fingerprint density at radius 2 is 2.22 bits per heavy atom. The molecular weight excluding hydrogens is 264 g/mol. The number of hydrogen-bond acceptors (Lipinski definition) is 6. The monoisotopic (exact) mass is 288 g/mol. The van der Waals surface area contributed by atoms with Gasteiger partial charge in [0.15, 0.2) is 0 Å². The summed E-state index contributed by atoms with van der Waals surface area (Å²) in [6, 6.07) is 0.612. The van der Waals surface area contributed by atoms with Crippen LogP contribution in [-0.2, 0) is 6.54 Å². The van der Waals surface area contributed by atoms with E-state index in [1.807, 2.05) is 11.8 Å². The van der Waals surface area contributed by atoms with Crippen molar-refractivity contribution in [2.24, 2.45) is 0 Å². The second kappa shape index (κ2) is 8.72. The quantitative estimate of drug-likeness (QED) is 0.756. The van der Waals surface area contributed by atoms with Crippen molar-refractivity contribution in [3.8, 4) is 0 Å². The van der Waals surface area contributed by atoms with E-state index in [2.05, 4.69) is 47.0 Å². The second-order valence-corrected chi connectivity index (χ2v) is 6.07. The highest BCUT2D eigenvalue weighted by Gasteiger charge is 2.16. The fourth-order valence-electron chi connectivity index (χ4n) is 1.80. The highest BCUT2D eigenvalue weighted by molar-refractivity contribution is 7.98. The molecule has 1 N–H and O–H groups in total. The zero-order valence-corrected chi connectivity index (χ0v) is 13.4. The van der Waals surface area contributed by atoms with Gasteiger partial charge in [0.05, 0.1) is 0 Å². The molecule has 0 amide bonds. The van der Waals surface area contributed by atoms with Gasteiger partial charge in [0.2, 0.25) is 0 Å². The molecule has 0 aliphatic carbocycles. The number of anilines is 1. The predicted octanol–water partition coefficient (Wildman–Crippen LogP) is 2.93. The lowest BCUT2D eigenvalue weighted by Gasteiger charge is -2.25. The van der Waals surface area contributed by atoms with Crippen LogP contribution in [0.2, 0.25) is 0 Å². The van der Waals surface area contributed by atoms with Crippen LogP contribution in [-0.4, -0.2) is 46.1 Å². The van der Waals surface area contributed by atoms with Gasteiger partial charge < -0.3 is 5.32 Å². The number of aromatic nitrogens is 2. The first kappa shape index (κ1) is 15.7. The van der Waals surface area contributed by atoms with Crippen LogP contribution in [0.1, 0.15) is 32.4 Å². The Kier molecular flexibility index (Phi) is 7.62. The lowest BCUT2D eigenvalue weighted by atomic mass is 10.2. The number of nitrogens with zero attached hydrogens (tertiary/aromatic N) is 3. The first-order valence-corrected chi connectivity index (χ1v) is 8.63. The molecule has 1 aromatic heterocycles. The van der Waals surface area contributed by atoms with Gasteiger partial charge in [-0.15, -0.1) is 5.10 Å². The van der Waals surface area contributed by atoms with Crippen LogP contribution < -0.4 is 5.32 Å². The fourth-order valence-corrected chi connectivity index (χ4v) is 3.27. The highest BCUT2D eigenvalue weighted by Crippen LogP contribution is 2.20. The van der Waals surface area contributed by atoms with Crippen molar-refractivity contribution in [3.05, 3.63) is 5.69 Å². The maximum Gasteiger partial charge on any atom is 0.134 e. The lowest BCUT2D eigenvalue weighted by Crippen LogP contribution is -2.33. The normalized spacial score (nSPS) is 12.9. The molecule has 6 heteroatoms. The van der Waals surface area contributed by atoms with Crippen molar-refractivity contribution in [3.63, 3.8) is 0 Å². The van der Waals surface area contributed by atoms with Crippen LogP contribution >= 0.6 is 23.3 Å². The van der Waals surface area contributed by atoms with Crippen molar-refractivity contribution in [2.75, 3.05) is 30.9 Å². The maximum absolute atomic E-state index is 4.24. The molecule has 0 saturated heterocycles.